The van der Waals surface area contributed by atoms with Crippen LogP contribution in [-0.2, 0) is 9.59 Å². The van der Waals surface area contributed by atoms with Crippen LogP contribution in [0.3, 0.4) is 0 Å². The maximum atomic E-state index is 12.0. The van der Waals surface area contributed by atoms with Crippen LogP contribution < -0.4 is 0 Å². The Kier molecular flexibility index (Phi) is 16.1. The number of unbranched alkanes of at least 4 members (excludes halogenated alkanes) is 5. The molecule has 1 amide bonds. The second-order valence-electron chi connectivity index (χ2n) is 8.63. The zero-order valence-corrected chi connectivity index (χ0v) is 19.9. The minimum atomic E-state index is -0.822. The van der Waals surface area contributed by atoms with Crippen LogP contribution in [-0.4, -0.2) is 46.2 Å². The zero-order chi connectivity index (χ0) is 23.4. The van der Waals surface area contributed by atoms with Crippen LogP contribution in [0.4, 0.5) is 0 Å². The first-order valence-electron chi connectivity index (χ1n) is 12.4. The van der Waals surface area contributed by atoms with Crippen molar-refractivity contribution in [2.75, 3.05) is 13.1 Å². The molecular formula is C27H43NO4. The lowest BCUT2D eigenvalue weighted by molar-refractivity contribution is -0.137. The van der Waals surface area contributed by atoms with Crippen molar-refractivity contribution in [3.8, 4) is 0 Å². The van der Waals surface area contributed by atoms with Crippen LogP contribution in [0.25, 0.3) is 6.08 Å². The van der Waals surface area contributed by atoms with E-state index in [9.17, 15) is 14.7 Å². The number of nitrogens with zero attached hydrogens (tertiary/aromatic N) is 1. The number of hydrogen-bond acceptors (Lipinski definition) is 3. The van der Waals surface area contributed by atoms with E-state index >= 15 is 0 Å². The molecule has 5 heteroatoms. The highest BCUT2D eigenvalue weighted by atomic mass is 16.4. The Hall–Kier alpha value is -2.14. The normalized spacial score (nSPS) is 15.0. The van der Waals surface area contributed by atoms with Gasteiger partial charge in [-0.1, -0.05) is 88.6 Å². The number of amides is 1. The molecule has 1 saturated heterocycles. The van der Waals surface area contributed by atoms with Gasteiger partial charge in [0.1, 0.15) is 0 Å². The molecule has 1 aliphatic rings. The predicted molar refractivity (Wildman–Crippen MR) is 131 cm³/mol. The molecule has 0 aromatic heterocycles. The number of likely N-dealkylation sites (tertiary alicyclic amines) is 1. The Labute approximate surface area is 194 Å². The number of aliphatic carboxylic acids is 1. The van der Waals surface area contributed by atoms with Gasteiger partial charge in [0.25, 0.3) is 0 Å². The highest BCUT2D eigenvalue weighted by Gasteiger charge is 2.12. The summed E-state index contributed by atoms with van der Waals surface area (Å²) in [5.41, 5.74) is 1.08. The highest BCUT2D eigenvalue weighted by Crippen LogP contribution is 2.12. The molecule has 2 N–H and O–H groups in total. The van der Waals surface area contributed by atoms with Crippen molar-refractivity contribution >= 4 is 18.0 Å². The smallest absolute Gasteiger partial charge is 0.303 e. The Morgan fingerprint density at radius 1 is 0.938 bits per heavy atom. The van der Waals surface area contributed by atoms with E-state index in [2.05, 4.69) is 6.92 Å². The standard InChI is InChI=1S/C15H19NO.C12H24O3/c17-15(16-12-6-1-2-7-13-16)11-10-14-8-4-3-5-9-14;1-2-3-4-5-6-7-8-11(13)9-10-12(14)15/h3-5,8-11H,1-2,6-7,12-13H2;11,13H,2-10H2,1H3,(H,14,15)/b11-10+;. The lowest BCUT2D eigenvalue weighted by Crippen LogP contribution is -2.30. The molecule has 2 rings (SSSR count). The van der Waals surface area contributed by atoms with E-state index in [0.717, 1.165) is 50.8 Å². The van der Waals surface area contributed by atoms with Gasteiger partial charge in [0, 0.05) is 25.6 Å². The summed E-state index contributed by atoms with van der Waals surface area (Å²) in [6.45, 7) is 4.02. The third-order valence-corrected chi connectivity index (χ3v) is 5.72. The van der Waals surface area contributed by atoms with Crippen LogP contribution in [0.5, 0.6) is 0 Å². The average Bonchev–Trinajstić information content (AvgIpc) is 3.09. The average molecular weight is 446 g/mol. The van der Waals surface area contributed by atoms with Crippen molar-refractivity contribution in [1.29, 1.82) is 0 Å². The molecule has 180 valence electrons. The van der Waals surface area contributed by atoms with Gasteiger partial charge in [-0.2, -0.15) is 0 Å². The minimum absolute atomic E-state index is 0.0804. The molecule has 1 aromatic rings. The van der Waals surface area contributed by atoms with E-state index in [-0.39, 0.29) is 12.3 Å². The summed E-state index contributed by atoms with van der Waals surface area (Å²) < 4.78 is 0. The molecule has 0 aliphatic carbocycles. The molecule has 32 heavy (non-hydrogen) atoms. The molecule has 5 nitrogen and oxygen atoms in total. The number of benzene rings is 1. The second kappa shape index (κ2) is 18.4. The SMILES string of the molecule is CCCCCCCCC(O)CCC(=O)O.O=C(/C=C/c1ccccc1)N1CCCCCC1. The zero-order valence-electron chi connectivity index (χ0n) is 19.9. The summed E-state index contributed by atoms with van der Waals surface area (Å²) in [6, 6.07) is 9.96. The first-order valence-corrected chi connectivity index (χ1v) is 12.4. The molecule has 1 aromatic carbocycles. The Morgan fingerprint density at radius 2 is 1.56 bits per heavy atom. The first-order chi connectivity index (χ1) is 15.5. The molecule has 0 radical (unpaired) electrons. The monoisotopic (exact) mass is 445 g/mol. The number of carbonyl (C=O) groups is 2. The van der Waals surface area contributed by atoms with Crippen LogP contribution in [0, 0.1) is 0 Å². The number of carboxylic acids is 1. The van der Waals surface area contributed by atoms with Gasteiger partial charge in [-0.05, 0) is 37.3 Å². The van der Waals surface area contributed by atoms with Gasteiger partial charge < -0.3 is 15.1 Å². The molecule has 1 aliphatic heterocycles. The quantitative estimate of drug-likeness (QED) is 0.302. The number of carboxylic acid groups (broad SMARTS) is 1. The Balaban J connectivity index is 0.000000324. The summed E-state index contributed by atoms with van der Waals surface area (Å²) in [4.78, 5) is 24.2. The van der Waals surface area contributed by atoms with E-state index < -0.39 is 12.1 Å². The molecule has 0 saturated carbocycles. The van der Waals surface area contributed by atoms with E-state index in [4.69, 9.17) is 5.11 Å². The van der Waals surface area contributed by atoms with E-state index in [1.807, 2.05) is 41.3 Å². The molecule has 1 atom stereocenters. The molecular weight excluding hydrogens is 402 g/mol. The topological polar surface area (TPSA) is 77.8 Å². The van der Waals surface area contributed by atoms with Gasteiger partial charge in [-0.15, -0.1) is 0 Å². The van der Waals surface area contributed by atoms with Gasteiger partial charge in [-0.25, -0.2) is 0 Å². The minimum Gasteiger partial charge on any atom is -0.481 e. The molecule has 0 bridgehead atoms. The number of carbonyl (C=O) groups excluding carboxylic acids is 1. The van der Waals surface area contributed by atoms with Crippen molar-refractivity contribution in [1.82, 2.24) is 4.90 Å². The van der Waals surface area contributed by atoms with Crippen LogP contribution in [0.15, 0.2) is 36.4 Å². The molecule has 0 spiro atoms. The summed E-state index contributed by atoms with van der Waals surface area (Å²) in [6.07, 6.45) is 16.4. The number of aliphatic hydroxyl groups excluding tert-OH is 1. The first kappa shape index (κ1) is 27.9. The largest absolute Gasteiger partial charge is 0.481 e. The summed E-state index contributed by atoms with van der Waals surface area (Å²) in [5.74, 6) is -0.673. The fourth-order valence-electron chi connectivity index (χ4n) is 3.72. The Morgan fingerprint density at radius 3 is 2.19 bits per heavy atom. The van der Waals surface area contributed by atoms with Crippen molar-refractivity contribution in [3.05, 3.63) is 42.0 Å². The van der Waals surface area contributed by atoms with Crippen molar-refractivity contribution < 1.29 is 19.8 Å². The molecule has 1 fully saturated rings. The van der Waals surface area contributed by atoms with Gasteiger partial charge in [0.15, 0.2) is 0 Å². The predicted octanol–water partition coefficient (Wildman–Crippen LogP) is 6.07. The van der Waals surface area contributed by atoms with Gasteiger partial charge >= 0.3 is 5.97 Å². The summed E-state index contributed by atoms with van der Waals surface area (Å²) in [7, 11) is 0. The van der Waals surface area contributed by atoms with Gasteiger partial charge in [-0.3, -0.25) is 9.59 Å². The molecule has 1 heterocycles. The Bertz CT molecular complexity index is 636. The van der Waals surface area contributed by atoms with Crippen molar-refractivity contribution in [2.45, 2.75) is 96.5 Å². The van der Waals surface area contributed by atoms with Crippen LogP contribution in [0.1, 0.15) is 96.0 Å². The lowest BCUT2D eigenvalue weighted by Gasteiger charge is -2.17. The summed E-state index contributed by atoms with van der Waals surface area (Å²) >= 11 is 0. The van der Waals surface area contributed by atoms with Crippen LogP contribution >= 0.6 is 0 Å². The highest BCUT2D eigenvalue weighted by molar-refractivity contribution is 5.91. The van der Waals surface area contributed by atoms with E-state index in [1.54, 1.807) is 6.08 Å². The number of hydrogen-bond donors (Lipinski definition) is 2. The maximum Gasteiger partial charge on any atom is 0.303 e. The third kappa shape index (κ3) is 14.8. The molecule has 1 unspecified atom stereocenters. The maximum absolute atomic E-state index is 12.0. The van der Waals surface area contributed by atoms with Gasteiger partial charge in [0.05, 0.1) is 6.10 Å². The number of rotatable bonds is 12. The second-order valence-corrected chi connectivity index (χ2v) is 8.63. The summed E-state index contributed by atoms with van der Waals surface area (Å²) in [5, 5.41) is 17.9. The lowest BCUT2D eigenvalue weighted by atomic mass is 10.0. The van der Waals surface area contributed by atoms with Crippen molar-refractivity contribution in [2.24, 2.45) is 0 Å². The van der Waals surface area contributed by atoms with Crippen molar-refractivity contribution in [3.63, 3.8) is 0 Å². The number of aliphatic hydroxyl groups is 1. The van der Waals surface area contributed by atoms with E-state index in [0.29, 0.717) is 6.42 Å². The fraction of sp³-hybridized carbons (Fsp3) is 0.630. The van der Waals surface area contributed by atoms with Crippen LogP contribution in [0.2, 0.25) is 0 Å². The third-order valence-electron chi connectivity index (χ3n) is 5.72. The van der Waals surface area contributed by atoms with E-state index in [1.165, 1.54) is 38.5 Å². The van der Waals surface area contributed by atoms with Gasteiger partial charge in [0.2, 0.25) is 5.91 Å². The fourth-order valence-corrected chi connectivity index (χ4v) is 3.72.